The van der Waals surface area contributed by atoms with Crippen molar-refractivity contribution in [3.05, 3.63) is 57.6 Å². The minimum absolute atomic E-state index is 0.0497. The monoisotopic (exact) mass is 403 g/mol. The van der Waals surface area contributed by atoms with Gasteiger partial charge < -0.3 is 24.4 Å². The summed E-state index contributed by atoms with van der Waals surface area (Å²) < 4.78 is 15.6. The van der Waals surface area contributed by atoms with Crippen LogP contribution in [-0.2, 0) is 0 Å². The van der Waals surface area contributed by atoms with Crippen molar-refractivity contribution in [3.63, 3.8) is 0 Å². The minimum Gasteiger partial charge on any atom is -0.493 e. The molecule has 0 aliphatic heterocycles. The molecule has 0 aliphatic rings. The Morgan fingerprint density at radius 3 is 2.21 bits per heavy atom. The SMILES string of the molecule is COc1cc(C(=O)NCC(c2ccccc2)N(C)C)c([N+](=O)[O-])c(OC)c1OC. The summed E-state index contributed by atoms with van der Waals surface area (Å²) in [6.07, 6.45) is 0. The molecule has 0 fully saturated rings. The summed E-state index contributed by atoms with van der Waals surface area (Å²) >= 11 is 0. The fourth-order valence-corrected chi connectivity index (χ4v) is 3.05. The number of nitrogens with zero attached hydrogens (tertiary/aromatic N) is 2. The van der Waals surface area contributed by atoms with Crippen molar-refractivity contribution in [2.24, 2.45) is 0 Å². The molecule has 0 aliphatic carbocycles. The molecule has 0 saturated carbocycles. The van der Waals surface area contributed by atoms with Gasteiger partial charge in [-0.2, -0.15) is 0 Å². The number of hydrogen-bond acceptors (Lipinski definition) is 7. The standard InChI is InChI=1S/C20H25N3O6/c1-22(2)15(13-9-7-6-8-10-13)12-21-20(24)14-11-16(27-3)18(28-4)19(29-5)17(14)23(25)26/h6-11,15H,12H2,1-5H3,(H,21,24). The number of nitrogens with one attached hydrogen (secondary N) is 1. The Balaban J connectivity index is 2.40. The van der Waals surface area contributed by atoms with E-state index in [1.54, 1.807) is 0 Å². The minimum atomic E-state index is -0.670. The lowest BCUT2D eigenvalue weighted by molar-refractivity contribution is -0.386. The molecule has 0 spiro atoms. The quantitative estimate of drug-likeness (QED) is 0.507. The van der Waals surface area contributed by atoms with Crippen LogP contribution in [0.5, 0.6) is 17.2 Å². The molecule has 1 atom stereocenters. The second-order valence-corrected chi connectivity index (χ2v) is 6.40. The highest BCUT2D eigenvalue weighted by atomic mass is 16.6. The van der Waals surface area contributed by atoms with E-state index in [1.807, 2.05) is 49.3 Å². The largest absolute Gasteiger partial charge is 0.493 e. The van der Waals surface area contributed by atoms with Crippen LogP contribution < -0.4 is 19.5 Å². The van der Waals surface area contributed by atoms with Crippen molar-refractivity contribution < 1.29 is 23.9 Å². The average Bonchev–Trinajstić information content (AvgIpc) is 2.72. The molecule has 0 saturated heterocycles. The molecule has 1 amide bonds. The maximum atomic E-state index is 12.9. The summed E-state index contributed by atoms with van der Waals surface area (Å²) in [5.41, 5.74) is 0.357. The van der Waals surface area contributed by atoms with E-state index < -0.39 is 16.5 Å². The molecule has 0 aromatic heterocycles. The number of carbonyl (C=O) groups is 1. The highest BCUT2D eigenvalue weighted by Gasteiger charge is 2.32. The molecule has 29 heavy (non-hydrogen) atoms. The Kier molecular flexibility index (Phi) is 7.38. The van der Waals surface area contributed by atoms with Crippen molar-refractivity contribution >= 4 is 11.6 Å². The molecule has 1 N–H and O–H groups in total. The molecule has 1 unspecified atom stereocenters. The third-order valence-electron chi connectivity index (χ3n) is 4.49. The lowest BCUT2D eigenvalue weighted by atomic mass is 10.1. The number of methoxy groups -OCH3 is 3. The Morgan fingerprint density at radius 1 is 1.10 bits per heavy atom. The van der Waals surface area contributed by atoms with Crippen LogP contribution in [0.3, 0.4) is 0 Å². The van der Waals surface area contributed by atoms with Crippen LogP contribution in [0, 0.1) is 10.1 Å². The fourth-order valence-electron chi connectivity index (χ4n) is 3.05. The van der Waals surface area contributed by atoms with Gasteiger partial charge in [0, 0.05) is 12.6 Å². The predicted molar refractivity (Wildman–Crippen MR) is 108 cm³/mol. The van der Waals surface area contributed by atoms with Crippen LogP contribution in [0.15, 0.2) is 36.4 Å². The maximum Gasteiger partial charge on any atom is 0.327 e. The van der Waals surface area contributed by atoms with E-state index in [0.717, 1.165) is 5.56 Å². The summed E-state index contributed by atoms with van der Waals surface area (Å²) in [7, 11) is 7.77. The second-order valence-electron chi connectivity index (χ2n) is 6.40. The summed E-state index contributed by atoms with van der Waals surface area (Å²) in [5, 5.41) is 14.5. The van der Waals surface area contributed by atoms with E-state index in [0.29, 0.717) is 0 Å². The molecule has 156 valence electrons. The molecule has 0 bridgehead atoms. The summed E-state index contributed by atoms with van der Waals surface area (Å²) in [5.74, 6) is -0.575. The smallest absolute Gasteiger partial charge is 0.327 e. The van der Waals surface area contributed by atoms with E-state index in [-0.39, 0.29) is 35.4 Å². The van der Waals surface area contributed by atoms with Gasteiger partial charge in [-0.05, 0) is 19.7 Å². The third kappa shape index (κ3) is 4.75. The van der Waals surface area contributed by atoms with Crippen LogP contribution in [0.1, 0.15) is 22.0 Å². The van der Waals surface area contributed by atoms with Gasteiger partial charge in [-0.1, -0.05) is 30.3 Å². The Hall–Kier alpha value is -3.33. The summed E-state index contributed by atoms with van der Waals surface area (Å²) in [6, 6.07) is 10.8. The van der Waals surface area contributed by atoms with Gasteiger partial charge in [0.2, 0.25) is 11.5 Å². The van der Waals surface area contributed by atoms with Gasteiger partial charge in [-0.15, -0.1) is 0 Å². The van der Waals surface area contributed by atoms with E-state index in [1.165, 1.54) is 27.4 Å². The second kappa shape index (κ2) is 9.74. The molecule has 0 radical (unpaired) electrons. The van der Waals surface area contributed by atoms with Gasteiger partial charge in [-0.3, -0.25) is 14.9 Å². The number of hydrogen-bond donors (Lipinski definition) is 1. The number of nitro benzene ring substituents is 1. The fraction of sp³-hybridized carbons (Fsp3) is 0.350. The lowest BCUT2D eigenvalue weighted by Gasteiger charge is -2.25. The first-order chi connectivity index (χ1) is 13.8. The van der Waals surface area contributed by atoms with Gasteiger partial charge in [0.15, 0.2) is 5.75 Å². The molecule has 2 aromatic rings. The number of carbonyl (C=O) groups excluding carboxylic acids is 1. The van der Waals surface area contributed by atoms with Crippen molar-refractivity contribution in [2.45, 2.75) is 6.04 Å². The number of benzene rings is 2. The number of ether oxygens (including phenoxy) is 3. The van der Waals surface area contributed by atoms with Crippen LogP contribution in [-0.4, -0.2) is 57.7 Å². The van der Waals surface area contributed by atoms with Crippen molar-refractivity contribution in [1.29, 1.82) is 0 Å². The van der Waals surface area contributed by atoms with Gasteiger partial charge in [0.1, 0.15) is 5.56 Å². The number of nitro groups is 1. The van der Waals surface area contributed by atoms with Crippen molar-refractivity contribution in [3.8, 4) is 17.2 Å². The number of amides is 1. The van der Waals surface area contributed by atoms with Gasteiger partial charge in [0.25, 0.3) is 5.91 Å². The van der Waals surface area contributed by atoms with Gasteiger partial charge in [0.05, 0.1) is 32.3 Å². The van der Waals surface area contributed by atoms with E-state index >= 15 is 0 Å². The molecule has 9 heteroatoms. The first kappa shape index (κ1) is 22.0. The first-order valence-electron chi connectivity index (χ1n) is 8.82. The summed E-state index contributed by atoms with van der Waals surface area (Å²) in [4.78, 5) is 25.8. The van der Waals surface area contributed by atoms with E-state index in [4.69, 9.17) is 14.2 Å². The maximum absolute atomic E-state index is 12.9. The lowest BCUT2D eigenvalue weighted by Crippen LogP contribution is -2.34. The third-order valence-corrected chi connectivity index (χ3v) is 4.49. The molecule has 2 aromatic carbocycles. The molecule has 2 rings (SSSR count). The zero-order valence-corrected chi connectivity index (χ0v) is 17.1. The number of likely N-dealkylation sites (N-methyl/N-ethyl adjacent to an activating group) is 1. The van der Waals surface area contributed by atoms with Crippen molar-refractivity contribution in [2.75, 3.05) is 42.0 Å². The molecular formula is C20H25N3O6. The predicted octanol–water partition coefficient (Wildman–Crippen LogP) is 2.65. The van der Waals surface area contributed by atoms with E-state index in [2.05, 4.69) is 5.32 Å². The number of rotatable bonds is 9. The summed E-state index contributed by atoms with van der Waals surface area (Å²) in [6.45, 7) is 0.254. The molecular weight excluding hydrogens is 378 g/mol. The van der Waals surface area contributed by atoms with Crippen LogP contribution in [0.25, 0.3) is 0 Å². The topological polar surface area (TPSA) is 103 Å². The normalized spacial score (nSPS) is 11.7. The van der Waals surface area contributed by atoms with Crippen molar-refractivity contribution in [1.82, 2.24) is 10.2 Å². The van der Waals surface area contributed by atoms with E-state index in [9.17, 15) is 14.9 Å². The zero-order chi connectivity index (χ0) is 21.6. The Labute approximate surface area is 169 Å². The average molecular weight is 403 g/mol. The Morgan fingerprint density at radius 2 is 1.72 bits per heavy atom. The van der Waals surface area contributed by atoms with Gasteiger partial charge in [-0.25, -0.2) is 0 Å². The van der Waals surface area contributed by atoms with Crippen LogP contribution in [0.4, 0.5) is 5.69 Å². The highest BCUT2D eigenvalue weighted by molar-refractivity contribution is 6.00. The Bertz CT molecular complexity index is 870. The zero-order valence-electron chi connectivity index (χ0n) is 17.1. The van der Waals surface area contributed by atoms with Crippen LogP contribution in [0.2, 0.25) is 0 Å². The van der Waals surface area contributed by atoms with Gasteiger partial charge >= 0.3 is 5.69 Å². The molecule has 0 heterocycles. The first-order valence-corrected chi connectivity index (χ1v) is 8.82. The molecule has 9 nitrogen and oxygen atoms in total. The highest BCUT2D eigenvalue weighted by Crippen LogP contribution is 2.46. The van der Waals surface area contributed by atoms with Crippen LogP contribution >= 0.6 is 0 Å².